The van der Waals surface area contributed by atoms with Crippen molar-refractivity contribution in [2.45, 2.75) is 39.8 Å². The average Bonchev–Trinajstić information content (AvgIpc) is 3.18. The van der Waals surface area contributed by atoms with Crippen molar-refractivity contribution in [1.82, 2.24) is 19.4 Å². The van der Waals surface area contributed by atoms with E-state index in [1.807, 2.05) is 26.8 Å². The predicted molar refractivity (Wildman–Crippen MR) is 113 cm³/mol. The second-order valence-corrected chi connectivity index (χ2v) is 10.7. The molecule has 29 heavy (non-hydrogen) atoms. The van der Waals surface area contributed by atoms with Gasteiger partial charge in [-0.15, -0.1) is 11.3 Å². The highest BCUT2D eigenvalue weighted by molar-refractivity contribution is 7.91. The number of carbonyl (C=O) groups excluding carboxylic acids is 1. The number of aromatic nitrogens is 3. The molecule has 4 rings (SSSR count). The minimum Gasteiger partial charge on any atom is -0.337 e. The van der Waals surface area contributed by atoms with Crippen LogP contribution in [0.25, 0.3) is 20.4 Å². The molecule has 4 heterocycles. The van der Waals surface area contributed by atoms with E-state index < -0.39 is 9.84 Å². The summed E-state index contributed by atoms with van der Waals surface area (Å²) in [5, 5.41) is 0.873. The number of thiophene rings is 1. The van der Waals surface area contributed by atoms with Crippen LogP contribution in [0.5, 0.6) is 0 Å². The van der Waals surface area contributed by atoms with Crippen LogP contribution < -0.4 is 5.56 Å². The lowest BCUT2D eigenvalue weighted by Crippen LogP contribution is -2.43. The summed E-state index contributed by atoms with van der Waals surface area (Å²) in [6.07, 6.45) is 1.84. The molecular weight excluding hydrogens is 412 g/mol. The van der Waals surface area contributed by atoms with Crippen LogP contribution in [0.1, 0.15) is 24.6 Å². The number of hydrogen-bond donors (Lipinski definition) is 0. The van der Waals surface area contributed by atoms with Crippen LogP contribution in [0.2, 0.25) is 0 Å². The number of nitrogens with zero attached hydrogens (tertiary/aromatic N) is 4. The summed E-state index contributed by atoms with van der Waals surface area (Å²) in [7, 11) is -3.10. The third kappa shape index (κ3) is 3.55. The van der Waals surface area contributed by atoms with Crippen molar-refractivity contribution in [3.05, 3.63) is 34.0 Å². The van der Waals surface area contributed by atoms with Gasteiger partial charge in [-0.05, 0) is 38.8 Å². The van der Waals surface area contributed by atoms with E-state index in [4.69, 9.17) is 0 Å². The lowest BCUT2D eigenvalue weighted by molar-refractivity contribution is -0.133. The maximum absolute atomic E-state index is 13.0. The number of sulfone groups is 1. The van der Waals surface area contributed by atoms with Crippen molar-refractivity contribution >= 4 is 47.5 Å². The van der Waals surface area contributed by atoms with E-state index in [-0.39, 0.29) is 35.6 Å². The first-order valence-corrected chi connectivity index (χ1v) is 12.1. The van der Waals surface area contributed by atoms with E-state index in [2.05, 4.69) is 9.97 Å². The summed E-state index contributed by atoms with van der Waals surface area (Å²) in [6.45, 7) is 5.93. The number of aryl methyl sites for hydroxylation is 2. The summed E-state index contributed by atoms with van der Waals surface area (Å²) in [5.74, 6) is -0.189. The number of fused-ring (bicyclic) bond motifs is 3. The average molecular weight is 435 g/mol. The van der Waals surface area contributed by atoms with E-state index in [1.54, 1.807) is 4.90 Å². The lowest BCUT2D eigenvalue weighted by Gasteiger charge is -2.27. The van der Waals surface area contributed by atoms with Gasteiger partial charge in [0.25, 0.3) is 5.56 Å². The SMILES string of the molecule is CCN(C(=O)Cn1cnc2c(sc3nc(C)cc(C)c32)c1=O)C1CCS(=O)(=O)C1. The maximum Gasteiger partial charge on any atom is 0.271 e. The van der Waals surface area contributed by atoms with E-state index in [0.717, 1.165) is 21.5 Å². The van der Waals surface area contributed by atoms with Gasteiger partial charge < -0.3 is 4.90 Å². The van der Waals surface area contributed by atoms with Gasteiger partial charge in [-0.1, -0.05) is 0 Å². The first kappa shape index (κ1) is 20.0. The highest BCUT2D eigenvalue weighted by atomic mass is 32.2. The summed E-state index contributed by atoms with van der Waals surface area (Å²) in [4.78, 5) is 37.1. The number of likely N-dealkylation sites (N-methyl/N-ethyl adjacent to an activating group) is 1. The second kappa shape index (κ2) is 7.17. The molecule has 1 aliphatic heterocycles. The lowest BCUT2D eigenvalue weighted by atomic mass is 10.1. The van der Waals surface area contributed by atoms with Crippen molar-refractivity contribution < 1.29 is 13.2 Å². The fourth-order valence-corrected chi connectivity index (χ4v) is 6.94. The van der Waals surface area contributed by atoms with Crippen LogP contribution in [-0.4, -0.2) is 57.9 Å². The summed E-state index contributed by atoms with van der Waals surface area (Å²) in [6, 6.07) is 1.63. The Morgan fingerprint density at radius 2 is 2.14 bits per heavy atom. The van der Waals surface area contributed by atoms with Crippen molar-refractivity contribution in [3.63, 3.8) is 0 Å². The number of hydrogen-bond acceptors (Lipinski definition) is 7. The summed E-state index contributed by atoms with van der Waals surface area (Å²) < 4.78 is 25.3. The Morgan fingerprint density at radius 3 is 2.79 bits per heavy atom. The Hall–Kier alpha value is -2.33. The van der Waals surface area contributed by atoms with E-state index >= 15 is 0 Å². The van der Waals surface area contributed by atoms with Crippen LogP contribution in [0.4, 0.5) is 0 Å². The van der Waals surface area contributed by atoms with Crippen LogP contribution in [0.3, 0.4) is 0 Å². The molecule has 0 aromatic carbocycles. The normalized spacial score (nSPS) is 18.5. The summed E-state index contributed by atoms with van der Waals surface area (Å²) >= 11 is 1.29. The van der Waals surface area contributed by atoms with Gasteiger partial charge in [-0.3, -0.25) is 14.2 Å². The fraction of sp³-hybridized carbons (Fsp3) is 0.474. The van der Waals surface area contributed by atoms with Gasteiger partial charge in [-0.25, -0.2) is 18.4 Å². The fourth-order valence-electron chi connectivity index (χ4n) is 4.01. The zero-order valence-corrected chi connectivity index (χ0v) is 18.1. The number of carbonyl (C=O) groups is 1. The van der Waals surface area contributed by atoms with Crippen LogP contribution in [0.15, 0.2) is 17.2 Å². The van der Waals surface area contributed by atoms with Gasteiger partial charge in [0, 0.05) is 23.7 Å². The Morgan fingerprint density at radius 1 is 1.38 bits per heavy atom. The van der Waals surface area contributed by atoms with Gasteiger partial charge in [-0.2, -0.15) is 0 Å². The van der Waals surface area contributed by atoms with Crippen molar-refractivity contribution in [1.29, 1.82) is 0 Å². The van der Waals surface area contributed by atoms with Crippen LogP contribution >= 0.6 is 11.3 Å². The molecule has 1 unspecified atom stereocenters. The Kier molecular flexibility index (Phi) is 4.94. The molecule has 0 saturated carbocycles. The smallest absolute Gasteiger partial charge is 0.271 e. The number of rotatable bonds is 4. The Balaban J connectivity index is 1.68. The van der Waals surface area contributed by atoms with Crippen LogP contribution in [-0.2, 0) is 21.2 Å². The van der Waals surface area contributed by atoms with E-state index in [9.17, 15) is 18.0 Å². The Labute approximate surface area is 172 Å². The molecule has 1 fully saturated rings. The monoisotopic (exact) mass is 434 g/mol. The minimum atomic E-state index is -3.10. The minimum absolute atomic E-state index is 0.0145. The third-order valence-electron chi connectivity index (χ3n) is 5.36. The number of pyridine rings is 1. The molecule has 0 aliphatic carbocycles. The molecule has 1 amide bonds. The topological polar surface area (TPSA) is 102 Å². The van der Waals surface area contributed by atoms with E-state index in [1.165, 1.54) is 22.2 Å². The highest BCUT2D eigenvalue weighted by Gasteiger charge is 2.34. The van der Waals surface area contributed by atoms with Gasteiger partial charge in [0.1, 0.15) is 16.1 Å². The second-order valence-electron chi connectivity index (χ2n) is 7.45. The molecule has 10 heteroatoms. The van der Waals surface area contributed by atoms with Gasteiger partial charge in [0.05, 0.1) is 23.3 Å². The molecule has 3 aromatic heterocycles. The molecule has 3 aromatic rings. The molecule has 0 N–H and O–H groups in total. The molecule has 1 aliphatic rings. The van der Waals surface area contributed by atoms with E-state index in [0.29, 0.717) is 23.2 Å². The van der Waals surface area contributed by atoms with Gasteiger partial charge >= 0.3 is 0 Å². The predicted octanol–water partition coefficient (Wildman–Crippen LogP) is 1.66. The Bertz CT molecular complexity index is 1290. The number of amides is 1. The molecule has 0 radical (unpaired) electrons. The zero-order chi connectivity index (χ0) is 20.9. The van der Waals surface area contributed by atoms with Gasteiger partial charge in [0.15, 0.2) is 9.84 Å². The molecule has 0 bridgehead atoms. The van der Waals surface area contributed by atoms with Crippen molar-refractivity contribution in [2.75, 3.05) is 18.1 Å². The summed E-state index contributed by atoms with van der Waals surface area (Å²) in [5.41, 5.74) is 2.22. The molecule has 8 nitrogen and oxygen atoms in total. The van der Waals surface area contributed by atoms with Crippen LogP contribution in [0, 0.1) is 13.8 Å². The quantitative estimate of drug-likeness (QED) is 0.619. The van der Waals surface area contributed by atoms with Crippen molar-refractivity contribution in [3.8, 4) is 0 Å². The molecule has 154 valence electrons. The first-order chi connectivity index (χ1) is 13.7. The highest BCUT2D eigenvalue weighted by Crippen LogP contribution is 2.31. The van der Waals surface area contributed by atoms with Crippen molar-refractivity contribution in [2.24, 2.45) is 0 Å². The zero-order valence-electron chi connectivity index (χ0n) is 16.5. The maximum atomic E-state index is 13.0. The largest absolute Gasteiger partial charge is 0.337 e. The molecular formula is C19H22N4O4S2. The third-order valence-corrected chi connectivity index (χ3v) is 8.17. The molecule has 0 spiro atoms. The first-order valence-electron chi connectivity index (χ1n) is 9.46. The molecule has 1 saturated heterocycles. The van der Waals surface area contributed by atoms with Gasteiger partial charge in [0.2, 0.25) is 5.91 Å². The molecule has 1 atom stereocenters. The standard InChI is InChI=1S/C19H22N4O4S2/c1-4-23(13-5-6-29(26,27)9-13)14(24)8-22-10-20-16-15-11(2)7-12(3)21-18(15)28-17(16)19(22)25/h7,10,13H,4-6,8-9H2,1-3H3.